The second kappa shape index (κ2) is 8.70. The second-order valence-corrected chi connectivity index (χ2v) is 7.94. The van der Waals surface area contributed by atoms with E-state index >= 15 is 0 Å². The van der Waals surface area contributed by atoms with Crippen molar-refractivity contribution in [1.82, 2.24) is 19.7 Å². The van der Waals surface area contributed by atoms with Crippen molar-refractivity contribution < 1.29 is 14.3 Å². The molecule has 2 aromatic carbocycles. The first-order valence-corrected chi connectivity index (χ1v) is 10.7. The minimum absolute atomic E-state index is 0.0922. The molecular weight excluding hydrogens is 416 g/mol. The van der Waals surface area contributed by atoms with Crippen LogP contribution in [0.25, 0.3) is 44.9 Å². The first-order chi connectivity index (χ1) is 16.1. The Balaban J connectivity index is 1.62. The van der Waals surface area contributed by atoms with Gasteiger partial charge in [0.2, 0.25) is 5.71 Å². The highest BCUT2D eigenvalue weighted by Gasteiger charge is 2.19. The first-order valence-electron chi connectivity index (χ1n) is 10.7. The van der Waals surface area contributed by atoms with Gasteiger partial charge >= 0.3 is 5.97 Å². The van der Waals surface area contributed by atoms with Crippen molar-refractivity contribution in [3.8, 4) is 33.8 Å². The number of rotatable bonds is 7. The van der Waals surface area contributed by atoms with Crippen LogP contribution >= 0.6 is 0 Å². The van der Waals surface area contributed by atoms with Crippen molar-refractivity contribution in [2.24, 2.45) is 0 Å². The monoisotopic (exact) mass is 438 g/mol. The zero-order chi connectivity index (χ0) is 22.8. The van der Waals surface area contributed by atoms with E-state index in [1.165, 1.54) is 6.33 Å². The molecule has 0 bridgehead atoms. The molecule has 5 aromatic rings. The molecule has 0 aliphatic rings. The topological polar surface area (TPSA) is 94.0 Å². The Morgan fingerprint density at radius 3 is 2.55 bits per heavy atom. The molecule has 3 aromatic heterocycles. The normalized spacial score (nSPS) is 11.2. The lowest BCUT2D eigenvalue weighted by molar-refractivity contribution is -0.137. The van der Waals surface area contributed by atoms with Crippen LogP contribution in [0.5, 0.6) is 0 Å². The van der Waals surface area contributed by atoms with Crippen LogP contribution in [0.4, 0.5) is 0 Å². The van der Waals surface area contributed by atoms with E-state index in [4.69, 9.17) is 14.6 Å². The van der Waals surface area contributed by atoms with Crippen molar-refractivity contribution in [1.29, 1.82) is 0 Å². The van der Waals surface area contributed by atoms with E-state index in [-0.39, 0.29) is 6.42 Å². The number of aromatic nitrogens is 4. The Kier molecular flexibility index (Phi) is 5.44. The van der Waals surface area contributed by atoms with Gasteiger partial charge in [-0.15, -0.1) is 0 Å². The maximum absolute atomic E-state index is 10.9. The van der Waals surface area contributed by atoms with Gasteiger partial charge in [-0.25, -0.2) is 9.97 Å². The number of fused-ring (bicyclic) bond motifs is 1. The van der Waals surface area contributed by atoms with Gasteiger partial charge in [0, 0.05) is 35.9 Å². The summed E-state index contributed by atoms with van der Waals surface area (Å²) >= 11 is 0. The Bertz CT molecular complexity index is 1420. The van der Waals surface area contributed by atoms with Gasteiger partial charge < -0.3 is 9.52 Å². The van der Waals surface area contributed by atoms with Crippen molar-refractivity contribution in [3.05, 3.63) is 78.8 Å². The number of carbonyl (C=O) groups is 1. The fraction of sp³-hybridized carbons (Fsp3) is 0.154. The van der Waals surface area contributed by atoms with Crippen LogP contribution < -0.4 is 0 Å². The van der Waals surface area contributed by atoms with E-state index in [1.54, 1.807) is 4.68 Å². The predicted molar refractivity (Wildman–Crippen MR) is 126 cm³/mol. The molecule has 0 unspecified atom stereocenters. The molecule has 164 valence electrons. The zero-order valence-electron chi connectivity index (χ0n) is 18.1. The lowest BCUT2D eigenvalue weighted by Crippen LogP contribution is -2.02. The molecule has 0 amide bonds. The van der Waals surface area contributed by atoms with Gasteiger partial charge in [0.25, 0.3) is 0 Å². The SMILES string of the molecule is Cc1ccc(-c2nn(CCCC(=O)O)cc2-c2ncnc3oc(-c4ccccc4)cc23)cc1. The van der Waals surface area contributed by atoms with Crippen LogP contribution in [0, 0.1) is 6.92 Å². The van der Waals surface area contributed by atoms with Gasteiger partial charge in [-0.3, -0.25) is 9.48 Å². The molecule has 0 saturated carbocycles. The van der Waals surface area contributed by atoms with Gasteiger partial charge in [-0.2, -0.15) is 5.10 Å². The molecule has 3 heterocycles. The van der Waals surface area contributed by atoms with Crippen molar-refractivity contribution in [2.75, 3.05) is 0 Å². The highest BCUT2D eigenvalue weighted by Crippen LogP contribution is 2.36. The maximum Gasteiger partial charge on any atom is 0.303 e. The predicted octanol–water partition coefficient (Wildman–Crippen LogP) is 5.59. The van der Waals surface area contributed by atoms with E-state index < -0.39 is 5.97 Å². The van der Waals surface area contributed by atoms with Crippen LogP contribution in [-0.2, 0) is 11.3 Å². The number of nitrogens with zero attached hydrogens (tertiary/aromatic N) is 4. The molecule has 0 fully saturated rings. The molecule has 0 radical (unpaired) electrons. The van der Waals surface area contributed by atoms with Crippen LogP contribution in [-0.4, -0.2) is 30.8 Å². The van der Waals surface area contributed by atoms with E-state index in [2.05, 4.69) is 9.97 Å². The summed E-state index contributed by atoms with van der Waals surface area (Å²) in [6.45, 7) is 2.54. The third kappa shape index (κ3) is 4.25. The summed E-state index contributed by atoms with van der Waals surface area (Å²) in [4.78, 5) is 19.9. The number of aliphatic carboxylic acids is 1. The second-order valence-electron chi connectivity index (χ2n) is 7.94. The molecule has 5 rings (SSSR count). The lowest BCUT2D eigenvalue weighted by atomic mass is 10.0. The lowest BCUT2D eigenvalue weighted by Gasteiger charge is -2.03. The summed E-state index contributed by atoms with van der Waals surface area (Å²) in [6, 6.07) is 20.0. The van der Waals surface area contributed by atoms with Crippen LogP contribution in [0.15, 0.2) is 77.6 Å². The summed E-state index contributed by atoms with van der Waals surface area (Å²) in [5, 5.41) is 14.6. The molecule has 1 N–H and O–H groups in total. The van der Waals surface area contributed by atoms with E-state index in [1.807, 2.05) is 73.8 Å². The number of aryl methyl sites for hydroxylation is 2. The van der Waals surface area contributed by atoms with Gasteiger partial charge in [0.15, 0.2) is 0 Å². The summed E-state index contributed by atoms with van der Waals surface area (Å²) < 4.78 is 7.82. The van der Waals surface area contributed by atoms with Gasteiger partial charge in [-0.05, 0) is 19.4 Å². The Morgan fingerprint density at radius 2 is 1.79 bits per heavy atom. The van der Waals surface area contributed by atoms with E-state index in [0.717, 1.165) is 44.8 Å². The largest absolute Gasteiger partial charge is 0.481 e. The quantitative estimate of drug-likeness (QED) is 0.356. The van der Waals surface area contributed by atoms with Gasteiger partial charge in [0.1, 0.15) is 17.8 Å². The number of hydrogen-bond donors (Lipinski definition) is 1. The fourth-order valence-electron chi connectivity index (χ4n) is 3.84. The fourth-order valence-corrected chi connectivity index (χ4v) is 3.84. The van der Waals surface area contributed by atoms with Crippen LogP contribution in [0.2, 0.25) is 0 Å². The summed E-state index contributed by atoms with van der Waals surface area (Å²) in [7, 11) is 0. The molecule has 0 aliphatic carbocycles. The number of carboxylic acids is 1. The molecule has 0 saturated heterocycles. The first kappa shape index (κ1) is 20.6. The minimum atomic E-state index is -0.814. The Labute approximate surface area is 190 Å². The van der Waals surface area contributed by atoms with Crippen molar-refractivity contribution >= 4 is 17.1 Å². The minimum Gasteiger partial charge on any atom is -0.481 e. The van der Waals surface area contributed by atoms with Crippen molar-refractivity contribution in [3.63, 3.8) is 0 Å². The summed E-state index contributed by atoms with van der Waals surface area (Å²) in [5.41, 5.74) is 5.96. The number of hydrogen-bond acceptors (Lipinski definition) is 5. The Morgan fingerprint density at radius 1 is 1.00 bits per heavy atom. The average molecular weight is 438 g/mol. The van der Waals surface area contributed by atoms with Crippen LogP contribution in [0.3, 0.4) is 0 Å². The number of benzene rings is 2. The van der Waals surface area contributed by atoms with Crippen molar-refractivity contribution in [2.45, 2.75) is 26.3 Å². The van der Waals surface area contributed by atoms with Gasteiger partial charge in [-0.1, -0.05) is 60.2 Å². The van der Waals surface area contributed by atoms with Crippen LogP contribution in [0.1, 0.15) is 18.4 Å². The third-order valence-corrected chi connectivity index (χ3v) is 5.51. The molecule has 0 atom stereocenters. The number of furan rings is 1. The maximum atomic E-state index is 10.9. The van der Waals surface area contributed by atoms with E-state index in [0.29, 0.717) is 18.7 Å². The summed E-state index contributed by atoms with van der Waals surface area (Å²) in [6.07, 6.45) is 4.01. The average Bonchev–Trinajstić information content (AvgIpc) is 3.44. The molecule has 0 spiro atoms. The highest BCUT2D eigenvalue weighted by atomic mass is 16.4. The summed E-state index contributed by atoms with van der Waals surface area (Å²) in [5.74, 6) is -0.0939. The van der Waals surface area contributed by atoms with E-state index in [9.17, 15) is 4.79 Å². The highest BCUT2D eigenvalue weighted by molar-refractivity contribution is 5.95. The molecular formula is C26H22N4O3. The number of carboxylic acid groups (broad SMARTS) is 1. The standard InChI is InChI=1S/C26H22N4O3/c1-17-9-11-19(12-10-17)24-21(15-30(29-24)13-5-8-23(31)32)25-20-14-22(18-6-3-2-4-7-18)33-26(20)28-16-27-25/h2-4,6-7,9-12,14-16H,5,8,13H2,1H3,(H,31,32). The van der Waals surface area contributed by atoms with Gasteiger partial charge in [0.05, 0.1) is 11.1 Å². The third-order valence-electron chi connectivity index (χ3n) is 5.51. The Hall–Kier alpha value is -4.26. The molecule has 7 nitrogen and oxygen atoms in total. The molecule has 7 heteroatoms. The zero-order valence-corrected chi connectivity index (χ0v) is 18.1. The molecule has 33 heavy (non-hydrogen) atoms. The smallest absolute Gasteiger partial charge is 0.303 e. The molecule has 0 aliphatic heterocycles.